The van der Waals surface area contributed by atoms with E-state index in [0.717, 1.165) is 3.57 Å². The van der Waals surface area contributed by atoms with Crippen LogP contribution in [0.5, 0.6) is 0 Å². The Morgan fingerprint density at radius 1 is 1.67 bits per heavy atom. The minimum atomic E-state index is -0.449. The summed E-state index contributed by atoms with van der Waals surface area (Å²) in [7, 11) is 0. The van der Waals surface area contributed by atoms with E-state index in [9.17, 15) is 4.79 Å². The summed E-state index contributed by atoms with van der Waals surface area (Å²) in [5.74, 6) is -0.449. The molecule has 78 valence electrons. The summed E-state index contributed by atoms with van der Waals surface area (Å²) in [5.41, 5.74) is 0.786. The maximum Gasteiger partial charge on any atom is 0.339 e. The molecule has 1 rings (SSSR count). The number of thiol groups is 1. The lowest BCUT2D eigenvalue weighted by atomic mass is 10.1. The number of nitrogens with zero attached hydrogens (tertiary/aromatic N) is 1. The molecule has 5 heteroatoms. The Kier molecular flexibility index (Phi) is 4.42. The van der Waals surface area contributed by atoms with Crippen molar-refractivity contribution in [3.63, 3.8) is 0 Å². The van der Waals surface area contributed by atoms with Crippen LogP contribution in [0.3, 0.4) is 0 Å². The highest BCUT2D eigenvalue weighted by atomic mass is 127. The van der Waals surface area contributed by atoms with Crippen LogP contribution in [0.15, 0.2) is 17.0 Å². The van der Waals surface area contributed by atoms with Gasteiger partial charge in [0.1, 0.15) is 6.07 Å². The Balaban J connectivity index is 3.20. The van der Waals surface area contributed by atoms with Crippen LogP contribution >= 0.6 is 35.2 Å². The molecule has 15 heavy (non-hydrogen) atoms. The van der Waals surface area contributed by atoms with Crippen molar-refractivity contribution in [1.82, 2.24) is 0 Å². The summed E-state index contributed by atoms with van der Waals surface area (Å²) in [6, 6.07) is 5.19. The quantitative estimate of drug-likeness (QED) is 0.514. The summed E-state index contributed by atoms with van der Waals surface area (Å²) < 4.78 is 5.62. The lowest BCUT2D eigenvalue weighted by Crippen LogP contribution is -2.06. The predicted molar refractivity (Wildman–Crippen MR) is 67.1 cm³/mol. The highest BCUT2D eigenvalue weighted by Gasteiger charge is 2.13. The molecule has 0 atom stereocenters. The van der Waals surface area contributed by atoms with E-state index >= 15 is 0 Å². The molecule has 1 aromatic carbocycles. The van der Waals surface area contributed by atoms with Crippen LogP contribution in [0, 0.1) is 14.9 Å². The Bertz CT molecular complexity index is 440. The van der Waals surface area contributed by atoms with Crippen LogP contribution in [0.1, 0.15) is 22.8 Å². The summed E-state index contributed by atoms with van der Waals surface area (Å²) in [6.07, 6.45) is 0. The van der Waals surface area contributed by atoms with Crippen LogP contribution in [0.4, 0.5) is 0 Å². The van der Waals surface area contributed by atoms with Gasteiger partial charge in [0.15, 0.2) is 0 Å². The molecule has 0 saturated carbocycles. The monoisotopic (exact) mass is 333 g/mol. The smallest absolute Gasteiger partial charge is 0.339 e. The van der Waals surface area contributed by atoms with Gasteiger partial charge in [0, 0.05) is 8.47 Å². The van der Waals surface area contributed by atoms with Crippen molar-refractivity contribution in [1.29, 1.82) is 5.26 Å². The molecule has 0 radical (unpaired) electrons. The normalized spacial score (nSPS) is 9.47. The molecule has 0 aliphatic rings. The molecule has 3 nitrogen and oxygen atoms in total. The van der Waals surface area contributed by atoms with Crippen LogP contribution in [0.25, 0.3) is 0 Å². The number of ether oxygens (including phenoxy) is 1. The maximum atomic E-state index is 11.5. The van der Waals surface area contributed by atoms with E-state index in [4.69, 9.17) is 10.00 Å². The van der Waals surface area contributed by atoms with E-state index in [1.807, 2.05) is 28.7 Å². The third-order valence-electron chi connectivity index (χ3n) is 1.70. The molecule has 0 heterocycles. The molecule has 0 amide bonds. The molecule has 0 fully saturated rings. The molecule has 0 aliphatic carbocycles. The fourth-order valence-corrected chi connectivity index (χ4v) is 2.14. The van der Waals surface area contributed by atoms with E-state index < -0.39 is 5.97 Å². The van der Waals surface area contributed by atoms with Crippen LogP contribution in [0.2, 0.25) is 0 Å². The van der Waals surface area contributed by atoms with E-state index in [1.54, 1.807) is 13.0 Å². The number of rotatable bonds is 2. The second-order valence-corrected chi connectivity index (χ2v) is 4.33. The van der Waals surface area contributed by atoms with E-state index in [1.165, 1.54) is 6.07 Å². The first kappa shape index (κ1) is 12.3. The lowest BCUT2D eigenvalue weighted by Gasteiger charge is -2.06. The largest absolute Gasteiger partial charge is 0.462 e. The van der Waals surface area contributed by atoms with E-state index in [0.29, 0.717) is 22.6 Å². The van der Waals surface area contributed by atoms with Gasteiger partial charge in [-0.2, -0.15) is 5.26 Å². The molecule has 1 aromatic rings. The second-order valence-electron chi connectivity index (χ2n) is 2.68. The third kappa shape index (κ3) is 2.86. The fraction of sp³-hybridized carbons (Fsp3) is 0.200. The molecule has 0 aliphatic heterocycles. The summed E-state index contributed by atoms with van der Waals surface area (Å²) in [4.78, 5) is 12.0. The number of benzene rings is 1. The topological polar surface area (TPSA) is 50.1 Å². The zero-order chi connectivity index (χ0) is 11.4. The Morgan fingerprint density at radius 2 is 2.33 bits per heavy atom. The van der Waals surface area contributed by atoms with Crippen LogP contribution in [-0.4, -0.2) is 12.6 Å². The molecule has 0 saturated heterocycles. The maximum absolute atomic E-state index is 11.5. The van der Waals surface area contributed by atoms with Gasteiger partial charge in [-0.25, -0.2) is 4.79 Å². The van der Waals surface area contributed by atoms with Crippen molar-refractivity contribution in [3.05, 3.63) is 26.8 Å². The zero-order valence-electron chi connectivity index (χ0n) is 7.95. The molecule has 0 N–H and O–H groups in total. The van der Waals surface area contributed by atoms with Gasteiger partial charge in [-0.15, -0.1) is 12.6 Å². The van der Waals surface area contributed by atoms with Gasteiger partial charge in [0.25, 0.3) is 0 Å². The van der Waals surface area contributed by atoms with Gasteiger partial charge in [-0.1, -0.05) is 0 Å². The minimum absolute atomic E-state index is 0.305. The van der Waals surface area contributed by atoms with Gasteiger partial charge < -0.3 is 4.74 Å². The van der Waals surface area contributed by atoms with Gasteiger partial charge in [-0.3, -0.25) is 0 Å². The summed E-state index contributed by atoms with van der Waals surface area (Å²) in [5, 5.41) is 8.81. The fourth-order valence-electron chi connectivity index (χ4n) is 1.02. The average molecular weight is 333 g/mol. The zero-order valence-corrected chi connectivity index (χ0v) is 11.0. The third-order valence-corrected chi connectivity index (χ3v) is 2.96. The number of hydrogen-bond donors (Lipinski definition) is 1. The van der Waals surface area contributed by atoms with Crippen molar-refractivity contribution in [2.45, 2.75) is 11.8 Å². The van der Waals surface area contributed by atoms with E-state index in [2.05, 4.69) is 12.6 Å². The second kappa shape index (κ2) is 5.37. The first-order valence-corrected chi connectivity index (χ1v) is 5.72. The lowest BCUT2D eigenvalue weighted by molar-refractivity contribution is 0.0522. The summed E-state index contributed by atoms with van der Waals surface area (Å²) in [6.45, 7) is 2.04. The van der Waals surface area contributed by atoms with Gasteiger partial charge in [0.2, 0.25) is 0 Å². The SMILES string of the molecule is CCOC(=O)c1cc(C#N)c(I)cc1S. The number of carbonyl (C=O) groups is 1. The molecular weight excluding hydrogens is 325 g/mol. The van der Waals surface area contributed by atoms with Crippen molar-refractivity contribution in [3.8, 4) is 6.07 Å². The van der Waals surface area contributed by atoms with Crippen LogP contribution in [-0.2, 0) is 4.74 Å². The Labute approximate surface area is 107 Å². The van der Waals surface area contributed by atoms with E-state index in [-0.39, 0.29) is 0 Å². The standard InChI is InChI=1S/C10H8INO2S/c1-2-14-10(13)7-3-6(5-12)8(11)4-9(7)15/h3-4,15H,2H2,1H3. The van der Waals surface area contributed by atoms with Crippen molar-refractivity contribution < 1.29 is 9.53 Å². The Morgan fingerprint density at radius 3 is 2.87 bits per heavy atom. The number of halogens is 1. The Hall–Kier alpha value is -0.740. The molecule has 0 spiro atoms. The average Bonchev–Trinajstić information content (AvgIpc) is 2.18. The molecular formula is C10H8INO2S. The van der Waals surface area contributed by atoms with Crippen molar-refractivity contribution >= 4 is 41.2 Å². The van der Waals surface area contributed by atoms with Gasteiger partial charge >= 0.3 is 5.97 Å². The predicted octanol–water partition coefficient (Wildman–Crippen LogP) is 2.63. The number of carbonyl (C=O) groups excluding carboxylic acids is 1. The summed E-state index contributed by atoms with van der Waals surface area (Å²) >= 11 is 6.19. The first-order valence-electron chi connectivity index (χ1n) is 4.19. The minimum Gasteiger partial charge on any atom is -0.462 e. The van der Waals surface area contributed by atoms with Crippen LogP contribution < -0.4 is 0 Å². The highest BCUT2D eigenvalue weighted by molar-refractivity contribution is 14.1. The molecule has 0 bridgehead atoms. The molecule has 0 unspecified atom stereocenters. The number of esters is 1. The number of nitriles is 1. The number of hydrogen-bond acceptors (Lipinski definition) is 4. The highest BCUT2D eigenvalue weighted by Crippen LogP contribution is 2.22. The van der Waals surface area contributed by atoms with Crippen molar-refractivity contribution in [2.24, 2.45) is 0 Å². The van der Waals surface area contributed by atoms with Gasteiger partial charge in [0.05, 0.1) is 17.7 Å². The van der Waals surface area contributed by atoms with Crippen molar-refractivity contribution in [2.75, 3.05) is 6.61 Å². The molecule has 0 aromatic heterocycles. The van der Waals surface area contributed by atoms with Gasteiger partial charge in [-0.05, 0) is 41.6 Å². The first-order chi connectivity index (χ1) is 7.10.